The molecule has 0 radical (unpaired) electrons. The van der Waals surface area contributed by atoms with Crippen LogP contribution in [-0.2, 0) is 0 Å². The third kappa shape index (κ3) is 22.3. The quantitative estimate of drug-likeness (QED) is 0.0930. The van der Waals surface area contributed by atoms with Crippen molar-refractivity contribution in [3.05, 3.63) is 0 Å². The van der Waals surface area contributed by atoms with Crippen molar-refractivity contribution in [3.63, 3.8) is 0 Å². The highest BCUT2D eigenvalue weighted by Crippen LogP contribution is 2.23. The summed E-state index contributed by atoms with van der Waals surface area (Å²) < 4.78 is 0. The molecular weight excluding hydrogens is 657 g/mol. The first kappa shape index (κ1) is 45.5. The van der Waals surface area contributed by atoms with Gasteiger partial charge in [0, 0.05) is 36.9 Å². The third-order valence-electron chi connectivity index (χ3n) is 9.08. The van der Waals surface area contributed by atoms with Gasteiger partial charge in [0.2, 0.25) is 11.9 Å². The Labute approximate surface area is 311 Å². The zero-order valence-corrected chi connectivity index (χ0v) is 32.6. The van der Waals surface area contributed by atoms with E-state index in [0.29, 0.717) is 23.8 Å². The van der Waals surface area contributed by atoms with Crippen molar-refractivity contribution in [1.29, 1.82) is 21.6 Å². The lowest BCUT2D eigenvalue weighted by Crippen LogP contribution is -2.29. The van der Waals surface area contributed by atoms with E-state index in [-0.39, 0.29) is 11.7 Å². The summed E-state index contributed by atoms with van der Waals surface area (Å²) in [5.74, 6) is 3.79. The number of rotatable bonds is 6. The summed E-state index contributed by atoms with van der Waals surface area (Å²) in [6.07, 6.45) is 20.4. The average Bonchev–Trinajstić information content (AvgIpc) is 3.15. The first-order chi connectivity index (χ1) is 24.9. The molecule has 4 aliphatic carbocycles. The Hall–Kier alpha value is -4.50. The molecule has 4 aliphatic rings. The number of hydrogen-bond acceptors (Lipinski definition) is 10. The van der Waals surface area contributed by atoms with E-state index in [0.717, 1.165) is 87.1 Å². The summed E-state index contributed by atoms with van der Waals surface area (Å²) in [6, 6.07) is 0. The molecule has 4 fully saturated rings. The van der Waals surface area contributed by atoms with E-state index < -0.39 is 0 Å². The molecular formula is C36H68N16. The summed E-state index contributed by atoms with van der Waals surface area (Å²) in [5, 5.41) is 44.5. The van der Waals surface area contributed by atoms with Crippen LogP contribution in [0, 0.1) is 45.3 Å². The topological polar surface area (TPSA) is 270 Å². The van der Waals surface area contributed by atoms with Crippen LogP contribution in [0.15, 0.2) is 30.4 Å². The van der Waals surface area contributed by atoms with Crippen LogP contribution in [0.4, 0.5) is 0 Å². The van der Waals surface area contributed by atoms with Gasteiger partial charge in [0.15, 0.2) is 11.7 Å². The van der Waals surface area contributed by atoms with Crippen LogP contribution < -0.4 is 33.2 Å². The van der Waals surface area contributed by atoms with Gasteiger partial charge < -0.3 is 22.3 Å². The molecule has 4 unspecified atom stereocenters. The molecule has 4 saturated carbocycles. The second kappa shape index (κ2) is 27.2. The van der Waals surface area contributed by atoms with E-state index in [9.17, 15) is 0 Å². The molecule has 4 atom stereocenters. The van der Waals surface area contributed by atoms with E-state index in [1.54, 1.807) is 14.1 Å². The number of nitrogens with zero attached hydrogens (tertiary/aromatic N) is 6. The molecule has 16 nitrogen and oxygen atoms in total. The molecule has 0 saturated heterocycles. The maximum atomic E-state index is 7.15. The highest BCUT2D eigenvalue weighted by atomic mass is 15.4. The van der Waals surface area contributed by atoms with Crippen LogP contribution in [0.25, 0.3) is 0 Å². The Morgan fingerprint density at radius 3 is 0.981 bits per heavy atom. The Morgan fingerprint density at radius 2 is 0.769 bits per heavy atom. The molecule has 0 amide bonds. The fraction of sp³-hybridized carbons (Fsp3) is 0.722. The number of guanidine groups is 2. The van der Waals surface area contributed by atoms with Gasteiger partial charge in [-0.3, -0.25) is 31.7 Å². The van der Waals surface area contributed by atoms with Crippen LogP contribution in [-0.4, -0.2) is 73.0 Å². The predicted molar refractivity (Wildman–Crippen MR) is 221 cm³/mol. The van der Waals surface area contributed by atoms with Crippen LogP contribution in [0.3, 0.4) is 0 Å². The second-order valence-corrected chi connectivity index (χ2v) is 14.3. The van der Waals surface area contributed by atoms with Crippen LogP contribution in [0.1, 0.15) is 130 Å². The molecule has 0 bridgehead atoms. The van der Waals surface area contributed by atoms with Crippen molar-refractivity contribution in [2.45, 2.75) is 130 Å². The monoisotopic (exact) mass is 725 g/mol. The number of aliphatic imine (C=N–C) groups is 2. The summed E-state index contributed by atoms with van der Waals surface area (Å²) in [5.41, 5.74) is 26.2. The van der Waals surface area contributed by atoms with Gasteiger partial charge in [-0.1, -0.05) is 27.7 Å². The van der Waals surface area contributed by atoms with E-state index >= 15 is 0 Å². The van der Waals surface area contributed by atoms with Gasteiger partial charge in [-0.2, -0.15) is 20.4 Å². The molecule has 0 heterocycles. The second-order valence-electron chi connectivity index (χ2n) is 14.3. The van der Waals surface area contributed by atoms with Gasteiger partial charge in [-0.05, 0) is 126 Å². The number of nitrogens with one attached hydrogen (secondary N) is 8. The molecule has 0 aliphatic heterocycles. The number of amidine groups is 2. The summed E-state index contributed by atoms with van der Waals surface area (Å²) in [4.78, 5) is 7.54. The smallest absolute Gasteiger partial charge is 0.209 e. The molecule has 0 spiro atoms. The van der Waals surface area contributed by atoms with Crippen molar-refractivity contribution in [2.75, 3.05) is 14.1 Å². The number of hydrazone groups is 4. The van der Waals surface area contributed by atoms with Gasteiger partial charge in [-0.15, -0.1) is 0 Å². The minimum absolute atomic E-state index is 0.0470. The standard InChI is InChI=1S/2C9H18N4.2C9H16N4/c2*1-7-4-3-5-8(6-7)12-13-9(10)11-2;2*1-7-3-2-4-8(5-7)12-13-9(11)6-10/h2*7H,3-6H2,1-2H3,(H3,10,11,13);2*6-7,10H,2-5H2,1H3,(H2,11,13)/b12-8+;12-8-;10-6?,12-8+;10-6?,12-8-. The Kier molecular flexibility index (Phi) is 23.8. The predicted octanol–water partition coefficient (Wildman–Crippen LogP) is 5.71. The molecule has 4 rings (SSSR count). The van der Waals surface area contributed by atoms with E-state index in [1.165, 1.54) is 62.8 Å². The van der Waals surface area contributed by atoms with Crippen molar-refractivity contribution < 1.29 is 0 Å². The lowest BCUT2D eigenvalue weighted by molar-refractivity contribution is 0.498. The van der Waals surface area contributed by atoms with Gasteiger partial charge >= 0.3 is 0 Å². The van der Waals surface area contributed by atoms with Crippen molar-refractivity contribution in [2.24, 2.45) is 65.5 Å². The van der Waals surface area contributed by atoms with Crippen LogP contribution in [0.5, 0.6) is 0 Å². The van der Waals surface area contributed by atoms with E-state index in [2.05, 4.69) is 79.8 Å². The average molecular weight is 725 g/mol. The fourth-order valence-electron chi connectivity index (χ4n) is 6.17. The number of nitrogens with two attached hydrogens (primary N) is 2. The minimum Gasteiger partial charge on any atom is -0.369 e. The highest BCUT2D eigenvalue weighted by Gasteiger charge is 2.16. The van der Waals surface area contributed by atoms with Crippen LogP contribution in [0.2, 0.25) is 0 Å². The summed E-state index contributed by atoms with van der Waals surface area (Å²) >= 11 is 0. The van der Waals surface area contributed by atoms with Crippen molar-refractivity contribution >= 4 is 58.9 Å². The molecule has 0 aromatic carbocycles. The first-order valence-corrected chi connectivity index (χ1v) is 18.8. The largest absolute Gasteiger partial charge is 0.369 e. The lowest BCUT2D eigenvalue weighted by Gasteiger charge is -2.18. The third-order valence-corrected chi connectivity index (χ3v) is 9.08. The zero-order chi connectivity index (χ0) is 38.7. The molecule has 292 valence electrons. The molecule has 0 aromatic heterocycles. The SMILES string of the molecule is CC1CCC/C(=N/NC(=N)C=N)C1.CC1CCC/C(=N\NC(=N)C=N)C1.CN=C(N)N/N=C1/CCCC(C)C1.CN=C(N)N/N=C1\CCCC(C)C1. The van der Waals surface area contributed by atoms with Crippen LogP contribution >= 0.6 is 0 Å². The minimum atomic E-state index is 0.0470. The summed E-state index contributed by atoms with van der Waals surface area (Å²) in [7, 11) is 3.29. The molecule has 0 aromatic rings. The number of hydrogen-bond donors (Lipinski definition) is 10. The summed E-state index contributed by atoms with van der Waals surface area (Å²) in [6.45, 7) is 8.95. The van der Waals surface area contributed by atoms with Gasteiger partial charge in [-0.25, -0.2) is 10.9 Å². The fourth-order valence-corrected chi connectivity index (χ4v) is 6.17. The van der Waals surface area contributed by atoms with Gasteiger partial charge in [0.05, 0.1) is 12.4 Å². The maximum Gasteiger partial charge on any atom is 0.209 e. The zero-order valence-electron chi connectivity index (χ0n) is 32.6. The van der Waals surface area contributed by atoms with Gasteiger partial charge in [0.1, 0.15) is 0 Å². The normalized spacial score (nSPS) is 26.7. The lowest BCUT2D eigenvalue weighted by atomic mass is 9.89. The Morgan fingerprint density at radius 1 is 0.519 bits per heavy atom. The van der Waals surface area contributed by atoms with E-state index in [1.807, 2.05) is 0 Å². The van der Waals surface area contributed by atoms with Gasteiger partial charge in [0.25, 0.3) is 0 Å². The van der Waals surface area contributed by atoms with Crippen molar-refractivity contribution in [3.8, 4) is 0 Å². The van der Waals surface area contributed by atoms with E-state index in [4.69, 9.17) is 33.1 Å². The molecule has 52 heavy (non-hydrogen) atoms. The molecule has 16 heteroatoms. The highest BCUT2D eigenvalue weighted by molar-refractivity contribution is 6.27. The van der Waals surface area contributed by atoms with Crippen molar-refractivity contribution in [1.82, 2.24) is 21.7 Å². The first-order valence-electron chi connectivity index (χ1n) is 18.8. The maximum absolute atomic E-state index is 7.15. The Bertz CT molecular complexity index is 1130. The molecule has 12 N–H and O–H groups in total. The Balaban J connectivity index is 0.000000347.